The summed E-state index contributed by atoms with van der Waals surface area (Å²) in [5.74, 6) is 1.64. The fraction of sp³-hybridized carbons (Fsp3) is 1.00. The third kappa shape index (κ3) is 7.44. The topological polar surface area (TPSA) is 18.5 Å². The van der Waals surface area contributed by atoms with Gasteiger partial charge in [0.05, 0.1) is 12.7 Å². The summed E-state index contributed by atoms with van der Waals surface area (Å²) in [5.41, 5.74) is 0. The first-order valence-corrected chi connectivity index (χ1v) is 11.1. The smallest absolute Gasteiger partial charge is 0.160 e. The van der Waals surface area contributed by atoms with Crippen LogP contribution in [0.25, 0.3) is 0 Å². The molecule has 142 valence electrons. The van der Waals surface area contributed by atoms with Gasteiger partial charge in [0.2, 0.25) is 0 Å². The molecule has 0 bridgehead atoms. The average Bonchev–Trinajstić information content (AvgIpc) is 2.63. The van der Waals surface area contributed by atoms with E-state index in [9.17, 15) is 0 Å². The summed E-state index contributed by atoms with van der Waals surface area (Å²) in [6, 6.07) is 0. The molecule has 0 N–H and O–H groups in total. The van der Waals surface area contributed by atoms with E-state index in [1.165, 1.54) is 89.9 Å². The fourth-order valence-corrected chi connectivity index (χ4v) is 4.48. The van der Waals surface area contributed by atoms with Gasteiger partial charge in [0.25, 0.3) is 0 Å². The summed E-state index contributed by atoms with van der Waals surface area (Å²) in [6.45, 7) is 5.50. The predicted octanol–water partition coefficient (Wildman–Crippen LogP) is 6.87. The van der Waals surface area contributed by atoms with Crippen molar-refractivity contribution < 1.29 is 9.47 Å². The molecule has 2 fully saturated rings. The Hall–Kier alpha value is -0.0800. The maximum absolute atomic E-state index is 6.34. The van der Waals surface area contributed by atoms with Crippen LogP contribution in [0.1, 0.15) is 110 Å². The first kappa shape index (κ1) is 20.2. The van der Waals surface area contributed by atoms with Crippen LogP contribution in [0.2, 0.25) is 0 Å². The highest BCUT2D eigenvalue weighted by atomic mass is 16.7. The minimum atomic E-state index is 0.107. The van der Waals surface area contributed by atoms with Crippen molar-refractivity contribution in [3.63, 3.8) is 0 Å². The molecular formula is C22H42O2. The number of ether oxygens (including phenoxy) is 2. The van der Waals surface area contributed by atoms with Crippen LogP contribution in [0.5, 0.6) is 0 Å². The molecule has 2 heteroatoms. The molecule has 24 heavy (non-hydrogen) atoms. The molecular weight excluding hydrogens is 296 g/mol. The monoisotopic (exact) mass is 338 g/mol. The summed E-state index contributed by atoms with van der Waals surface area (Å²) in [7, 11) is 0. The summed E-state index contributed by atoms with van der Waals surface area (Å²) in [4.78, 5) is 0. The highest BCUT2D eigenvalue weighted by Crippen LogP contribution is 2.36. The Labute approximate surface area is 151 Å². The van der Waals surface area contributed by atoms with Gasteiger partial charge in [-0.15, -0.1) is 0 Å². The first-order valence-electron chi connectivity index (χ1n) is 11.1. The molecule has 2 unspecified atom stereocenters. The van der Waals surface area contributed by atoms with Crippen LogP contribution in [0.3, 0.4) is 0 Å². The van der Waals surface area contributed by atoms with Crippen LogP contribution >= 0.6 is 0 Å². The molecule has 1 saturated carbocycles. The van der Waals surface area contributed by atoms with E-state index in [-0.39, 0.29) is 6.29 Å². The van der Waals surface area contributed by atoms with E-state index in [1.807, 2.05) is 0 Å². The lowest BCUT2D eigenvalue weighted by molar-refractivity contribution is -0.241. The predicted molar refractivity (Wildman–Crippen MR) is 102 cm³/mol. The van der Waals surface area contributed by atoms with Gasteiger partial charge in [0.15, 0.2) is 6.29 Å². The molecule has 0 spiro atoms. The Balaban J connectivity index is 1.60. The first-order chi connectivity index (χ1) is 11.8. The average molecular weight is 339 g/mol. The zero-order valence-electron chi connectivity index (χ0n) is 16.4. The molecule has 0 amide bonds. The molecule has 1 saturated heterocycles. The molecule has 1 aliphatic carbocycles. The van der Waals surface area contributed by atoms with Crippen molar-refractivity contribution in [1.29, 1.82) is 0 Å². The van der Waals surface area contributed by atoms with Crippen molar-refractivity contribution in [3.05, 3.63) is 0 Å². The lowest BCUT2D eigenvalue weighted by Gasteiger charge is -2.38. The molecule has 0 aromatic heterocycles. The molecule has 2 nitrogen and oxygen atoms in total. The highest BCUT2D eigenvalue weighted by molar-refractivity contribution is 4.77. The third-order valence-electron chi connectivity index (χ3n) is 6.17. The minimum absolute atomic E-state index is 0.107. The van der Waals surface area contributed by atoms with E-state index >= 15 is 0 Å². The van der Waals surface area contributed by atoms with Crippen LogP contribution in [-0.4, -0.2) is 19.0 Å². The lowest BCUT2D eigenvalue weighted by Crippen LogP contribution is -2.38. The van der Waals surface area contributed by atoms with Crippen molar-refractivity contribution in [2.45, 2.75) is 123 Å². The van der Waals surface area contributed by atoms with Crippen molar-refractivity contribution in [2.75, 3.05) is 6.61 Å². The second kappa shape index (κ2) is 12.3. The van der Waals surface area contributed by atoms with Gasteiger partial charge in [0.1, 0.15) is 0 Å². The standard InChI is InChI=1S/C22H42O2/c1-3-5-7-8-10-12-21-17-18-23-22(24-21)20-15-13-19(14-16-20)11-9-6-4-2/h19-22H,3-18H2,1-2H3. The zero-order chi connectivity index (χ0) is 17.0. The van der Waals surface area contributed by atoms with Gasteiger partial charge in [-0.1, -0.05) is 71.6 Å². The Bertz CT molecular complexity index is 296. The van der Waals surface area contributed by atoms with Crippen LogP contribution in [0.15, 0.2) is 0 Å². The van der Waals surface area contributed by atoms with Gasteiger partial charge in [-0.25, -0.2) is 0 Å². The molecule has 1 aliphatic heterocycles. The Kier molecular flexibility index (Phi) is 10.4. The van der Waals surface area contributed by atoms with Gasteiger partial charge in [-0.2, -0.15) is 0 Å². The van der Waals surface area contributed by atoms with Gasteiger partial charge in [-0.05, 0) is 44.4 Å². The van der Waals surface area contributed by atoms with Crippen LogP contribution in [0.4, 0.5) is 0 Å². The lowest BCUT2D eigenvalue weighted by atomic mass is 9.79. The van der Waals surface area contributed by atoms with Crippen molar-refractivity contribution >= 4 is 0 Å². The maximum Gasteiger partial charge on any atom is 0.160 e. The fourth-order valence-electron chi connectivity index (χ4n) is 4.48. The molecule has 2 rings (SSSR count). The molecule has 0 aromatic rings. The number of rotatable bonds is 11. The molecule has 0 radical (unpaired) electrons. The van der Waals surface area contributed by atoms with E-state index < -0.39 is 0 Å². The van der Waals surface area contributed by atoms with Gasteiger partial charge >= 0.3 is 0 Å². The Morgan fingerprint density at radius 3 is 2.12 bits per heavy atom. The van der Waals surface area contributed by atoms with Crippen LogP contribution in [-0.2, 0) is 9.47 Å². The molecule has 0 aromatic carbocycles. The minimum Gasteiger partial charge on any atom is -0.352 e. The summed E-state index contributed by atoms with van der Waals surface area (Å²) in [5, 5.41) is 0. The van der Waals surface area contributed by atoms with Gasteiger partial charge in [-0.3, -0.25) is 0 Å². The zero-order valence-corrected chi connectivity index (χ0v) is 16.4. The van der Waals surface area contributed by atoms with E-state index in [2.05, 4.69) is 13.8 Å². The second-order valence-corrected chi connectivity index (χ2v) is 8.27. The second-order valence-electron chi connectivity index (χ2n) is 8.27. The summed E-state index contributed by atoms with van der Waals surface area (Å²) < 4.78 is 12.3. The molecule has 2 atom stereocenters. The molecule has 1 heterocycles. The Morgan fingerprint density at radius 1 is 0.708 bits per heavy atom. The van der Waals surface area contributed by atoms with E-state index in [0.717, 1.165) is 18.9 Å². The van der Waals surface area contributed by atoms with Crippen LogP contribution in [0, 0.1) is 11.8 Å². The van der Waals surface area contributed by atoms with Crippen molar-refractivity contribution in [1.82, 2.24) is 0 Å². The normalized spacial score (nSPS) is 31.2. The van der Waals surface area contributed by atoms with Crippen molar-refractivity contribution in [2.24, 2.45) is 11.8 Å². The number of hydrogen-bond donors (Lipinski definition) is 0. The maximum atomic E-state index is 6.34. The van der Waals surface area contributed by atoms with Crippen molar-refractivity contribution in [3.8, 4) is 0 Å². The Morgan fingerprint density at radius 2 is 1.38 bits per heavy atom. The quantitative estimate of drug-likeness (QED) is 0.383. The SMILES string of the molecule is CCCCCCCC1CCOC(C2CCC(CCCCC)CC2)O1. The van der Waals surface area contributed by atoms with E-state index in [4.69, 9.17) is 9.47 Å². The van der Waals surface area contributed by atoms with E-state index in [0.29, 0.717) is 12.0 Å². The van der Waals surface area contributed by atoms with Gasteiger partial charge in [0, 0.05) is 5.92 Å². The molecule has 2 aliphatic rings. The summed E-state index contributed by atoms with van der Waals surface area (Å²) >= 11 is 0. The highest BCUT2D eigenvalue weighted by Gasteiger charge is 2.32. The van der Waals surface area contributed by atoms with E-state index in [1.54, 1.807) is 0 Å². The van der Waals surface area contributed by atoms with Crippen LogP contribution < -0.4 is 0 Å². The largest absolute Gasteiger partial charge is 0.352 e. The number of unbranched alkanes of at least 4 members (excludes halogenated alkanes) is 6. The third-order valence-corrected chi connectivity index (χ3v) is 6.17. The van der Waals surface area contributed by atoms with Gasteiger partial charge < -0.3 is 9.47 Å². The number of hydrogen-bond acceptors (Lipinski definition) is 2. The summed E-state index contributed by atoms with van der Waals surface area (Å²) in [6.07, 6.45) is 20.8.